The Morgan fingerprint density at radius 2 is 2.36 bits per heavy atom. The molecule has 0 radical (unpaired) electrons. The summed E-state index contributed by atoms with van der Waals surface area (Å²) in [5, 5.41) is 6.72. The molecule has 0 unspecified atom stereocenters. The van der Waals surface area contributed by atoms with E-state index in [9.17, 15) is 4.79 Å². The van der Waals surface area contributed by atoms with Crippen molar-refractivity contribution in [2.24, 2.45) is 0 Å². The number of hydrogen-bond donors (Lipinski definition) is 2. The Morgan fingerprint density at radius 3 is 2.93 bits per heavy atom. The van der Waals surface area contributed by atoms with Gasteiger partial charge in [0, 0.05) is 19.3 Å². The minimum absolute atomic E-state index is 0.160. The molecule has 1 aromatic rings. The van der Waals surface area contributed by atoms with E-state index in [4.69, 9.17) is 5.73 Å². The number of nitrogen functional groups attached to an aromatic ring is 1. The molecule has 0 fully saturated rings. The van der Waals surface area contributed by atoms with E-state index in [-0.39, 0.29) is 5.91 Å². The van der Waals surface area contributed by atoms with Gasteiger partial charge in [0.25, 0.3) is 5.91 Å². The van der Waals surface area contributed by atoms with Crippen molar-refractivity contribution in [2.75, 3.05) is 12.3 Å². The smallest absolute Gasteiger partial charge is 0.256 e. The highest BCUT2D eigenvalue weighted by Gasteiger charge is 2.12. The molecule has 0 aromatic carbocycles. The van der Waals surface area contributed by atoms with Crippen molar-refractivity contribution >= 4 is 11.7 Å². The van der Waals surface area contributed by atoms with E-state index in [1.807, 2.05) is 13.8 Å². The van der Waals surface area contributed by atoms with E-state index in [0.717, 1.165) is 13.0 Å². The Labute approximate surface area is 83.3 Å². The highest BCUT2D eigenvalue weighted by atomic mass is 16.1. The number of hydrogen-bond acceptors (Lipinski definition) is 3. The summed E-state index contributed by atoms with van der Waals surface area (Å²) in [4.78, 5) is 11.4. The van der Waals surface area contributed by atoms with Gasteiger partial charge in [0.2, 0.25) is 0 Å². The van der Waals surface area contributed by atoms with E-state index in [2.05, 4.69) is 10.4 Å². The first-order valence-electron chi connectivity index (χ1n) is 4.80. The number of nitrogens with two attached hydrogens (primary N) is 1. The molecule has 0 aliphatic carbocycles. The fraction of sp³-hybridized carbons (Fsp3) is 0.556. The van der Waals surface area contributed by atoms with Gasteiger partial charge in [-0.15, -0.1) is 0 Å². The van der Waals surface area contributed by atoms with Gasteiger partial charge in [-0.05, 0) is 13.3 Å². The number of aryl methyl sites for hydroxylation is 1. The second kappa shape index (κ2) is 4.64. The highest BCUT2D eigenvalue weighted by Crippen LogP contribution is 2.08. The number of nitrogens with one attached hydrogen (secondary N) is 1. The lowest BCUT2D eigenvalue weighted by atomic mass is 10.3. The maximum absolute atomic E-state index is 11.4. The van der Waals surface area contributed by atoms with Gasteiger partial charge in [-0.2, -0.15) is 5.10 Å². The first-order chi connectivity index (χ1) is 6.69. The van der Waals surface area contributed by atoms with Crippen LogP contribution in [0.4, 0.5) is 5.82 Å². The average molecular weight is 196 g/mol. The third-order valence-corrected chi connectivity index (χ3v) is 1.82. The molecule has 0 saturated heterocycles. The molecular formula is C9H16N4O. The summed E-state index contributed by atoms with van der Waals surface area (Å²) in [6.07, 6.45) is 2.65. The molecule has 1 aromatic heterocycles. The van der Waals surface area contributed by atoms with Gasteiger partial charge in [-0.1, -0.05) is 6.92 Å². The largest absolute Gasteiger partial charge is 0.382 e. The Bertz CT molecular complexity index is 319. The second-order valence-corrected chi connectivity index (χ2v) is 3.05. The van der Waals surface area contributed by atoms with Crippen molar-refractivity contribution in [1.29, 1.82) is 0 Å². The third-order valence-electron chi connectivity index (χ3n) is 1.82. The normalized spacial score (nSPS) is 10.1. The molecular weight excluding hydrogens is 180 g/mol. The van der Waals surface area contributed by atoms with E-state index >= 15 is 0 Å². The first kappa shape index (κ1) is 10.6. The molecule has 14 heavy (non-hydrogen) atoms. The van der Waals surface area contributed by atoms with Crippen LogP contribution in [0.5, 0.6) is 0 Å². The zero-order chi connectivity index (χ0) is 10.6. The molecule has 0 saturated carbocycles. The Kier molecular flexibility index (Phi) is 3.50. The molecule has 5 nitrogen and oxygen atoms in total. The minimum atomic E-state index is -0.160. The summed E-state index contributed by atoms with van der Waals surface area (Å²) < 4.78 is 1.69. The molecule has 0 bridgehead atoms. The van der Waals surface area contributed by atoms with Crippen LogP contribution in [-0.2, 0) is 6.54 Å². The molecule has 0 aliphatic heterocycles. The lowest BCUT2D eigenvalue weighted by Crippen LogP contribution is -2.23. The van der Waals surface area contributed by atoms with Gasteiger partial charge in [0.1, 0.15) is 5.56 Å². The van der Waals surface area contributed by atoms with Gasteiger partial charge in [-0.25, -0.2) is 0 Å². The number of carbonyl (C=O) groups excluding carboxylic acids is 1. The summed E-state index contributed by atoms with van der Waals surface area (Å²) in [5.41, 5.74) is 6.07. The highest BCUT2D eigenvalue weighted by molar-refractivity contribution is 5.98. The Morgan fingerprint density at radius 1 is 1.64 bits per heavy atom. The van der Waals surface area contributed by atoms with Crippen LogP contribution in [0.2, 0.25) is 0 Å². The van der Waals surface area contributed by atoms with Crippen LogP contribution in [0.25, 0.3) is 0 Å². The van der Waals surface area contributed by atoms with Crippen LogP contribution >= 0.6 is 0 Å². The number of amides is 1. The van der Waals surface area contributed by atoms with Gasteiger partial charge in [0.15, 0.2) is 5.82 Å². The van der Waals surface area contributed by atoms with Crippen LogP contribution in [0.1, 0.15) is 30.6 Å². The molecule has 5 heteroatoms. The van der Waals surface area contributed by atoms with Crippen LogP contribution in [0.3, 0.4) is 0 Å². The molecule has 0 spiro atoms. The lowest BCUT2D eigenvalue weighted by molar-refractivity contribution is 0.0956. The van der Waals surface area contributed by atoms with Crippen molar-refractivity contribution in [3.63, 3.8) is 0 Å². The SMILES string of the molecule is CCCn1cc(C(=O)NCC)c(N)n1. The van der Waals surface area contributed by atoms with Crippen LogP contribution in [-0.4, -0.2) is 22.2 Å². The Balaban J connectivity index is 2.81. The maximum atomic E-state index is 11.4. The van der Waals surface area contributed by atoms with Gasteiger partial charge >= 0.3 is 0 Å². The fourth-order valence-corrected chi connectivity index (χ4v) is 1.21. The predicted octanol–water partition coefficient (Wildman–Crippen LogP) is 0.625. The lowest BCUT2D eigenvalue weighted by Gasteiger charge is -1.98. The van der Waals surface area contributed by atoms with Crippen molar-refractivity contribution in [3.05, 3.63) is 11.8 Å². The zero-order valence-corrected chi connectivity index (χ0v) is 8.58. The Hall–Kier alpha value is -1.52. The quantitative estimate of drug-likeness (QED) is 0.741. The number of anilines is 1. The number of carbonyl (C=O) groups is 1. The van der Waals surface area contributed by atoms with Crippen molar-refractivity contribution in [1.82, 2.24) is 15.1 Å². The van der Waals surface area contributed by atoms with Crippen LogP contribution in [0.15, 0.2) is 6.20 Å². The molecule has 0 aliphatic rings. The fourth-order valence-electron chi connectivity index (χ4n) is 1.21. The molecule has 3 N–H and O–H groups in total. The maximum Gasteiger partial charge on any atom is 0.256 e. The van der Waals surface area contributed by atoms with Crippen molar-refractivity contribution in [3.8, 4) is 0 Å². The third kappa shape index (κ3) is 2.25. The number of nitrogens with zero attached hydrogens (tertiary/aromatic N) is 2. The first-order valence-corrected chi connectivity index (χ1v) is 4.80. The number of rotatable bonds is 4. The molecule has 1 amide bonds. The van der Waals surface area contributed by atoms with E-state index in [0.29, 0.717) is 17.9 Å². The summed E-state index contributed by atoms with van der Waals surface area (Å²) in [7, 11) is 0. The van der Waals surface area contributed by atoms with Crippen molar-refractivity contribution in [2.45, 2.75) is 26.8 Å². The minimum Gasteiger partial charge on any atom is -0.382 e. The van der Waals surface area contributed by atoms with Crippen LogP contribution < -0.4 is 11.1 Å². The van der Waals surface area contributed by atoms with E-state index in [1.54, 1.807) is 10.9 Å². The zero-order valence-electron chi connectivity index (χ0n) is 8.58. The molecule has 1 heterocycles. The van der Waals surface area contributed by atoms with Gasteiger partial charge in [0.05, 0.1) is 0 Å². The number of aromatic nitrogens is 2. The van der Waals surface area contributed by atoms with Gasteiger partial charge in [-0.3, -0.25) is 9.48 Å². The summed E-state index contributed by atoms with van der Waals surface area (Å²) >= 11 is 0. The van der Waals surface area contributed by atoms with Crippen LogP contribution in [0, 0.1) is 0 Å². The molecule has 1 rings (SSSR count). The second-order valence-electron chi connectivity index (χ2n) is 3.05. The monoisotopic (exact) mass is 196 g/mol. The van der Waals surface area contributed by atoms with E-state index < -0.39 is 0 Å². The summed E-state index contributed by atoms with van der Waals surface area (Å²) in [6, 6.07) is 0. The standard InChI is InChI=1S/C9H16N4O/c1-3-5-13-6-7(8(10)12-13)9(14)11-4-2/h6H,3-5H2,1-2H3,(H2,10,12)(H,11,14). The average Bonchev–Trinajstić information content (AvgIpc) is 2.48. The molecule has 0 atom stereocenters. The summed E-state index contributed by atoms with van der Waals surface area (Å²) in [5.74, 6) is 0.136. The topological polar surface area (TPSA) is 72.9 Å². The summed E-state index contributed by atoms with van der Waals surface area (Å²) in [6.45, 7) is 5.29. The predicted molar refractivity (Wildman–Crippen MR) is 54.9 cm³/mol. The van der Waals surface area contributed by atoms with Crippen molar-refractivity contribution < 1.29 is 4.79 Å². The van der Waals surface area contributed by atoms with E-state index in [1.165, 1.54) is 0 Å². The molecule has 78 valence electrons. The van der Waals surface area contributed by atoms with Gasteiger partial charge < -0.3 is 11.1 Å².